The third-order valence-electron chi connectivity index (χ3n) is 4.07. The second-order valence-electron chi connectivity index (χ2n) is 5.96. The zero-order valence-electron chi connectivity index (χ0n) is 15.4. The van der Waals surface area contributed by atoms with Gasteiger partial charge in [0, 0.05) is 5.02 Å². The SMILES string of the molecule is COc1cc(/C=C(\C#N)c2ccc(Cl)cc2)ccc1OC(=O)c1ccccc1Cl. The highest BCUT2D eigenvalue weighted by Gasteiger charge is 2.15. The molecule has 6 heteroatoms. The van der Waals surface area contributed by atoms with E-state index in [4.69, 9.17) is 32.7 Å². The molecule has 0 unspecified atom stereocenters. The number of ether oxygens (including phenoxy) is 2. The average Bonchev–Trinajstić information content (AvgIpc) is 2.73. The van der Waals surface area contributed by atoms with Crippen molar-refractivity contribution in [3.8, 4) is 17.6 Å². The van der Waals surface area contributed by atoms with E-state index in [1.54, 1.807) is 72.8 Å². The minimum absolute atomic E-state index is 0.250. The van der Waals surface area contributed by atoms with Crippen LogP contribution in [0.25, 0.3) is 11.6 Å². The highest BCUT2D eigenvalue weighted by atomic mass is 35.5. The van der Waals surface area contributed by atoms with Crippen molar-refractivity contribution in [2.45, 2.75) is 0 Å². The Morgan fingerprint density at radius 3 is 2.38 bits per heavy atom. The summed E-state index contributed by atoms with van der Waals surface area (Å²) in [7, 11) is 1.47. The van der Waals surface area contributed by atoms with Crippen molar-refractivity contribution in [3.05, 3.63) is 93.5 Å². The van der Waals surface area contributed by atoms with Gasteiger partial charge in [0.1, 0.15) is 0 Å². The largest absolute Gasteiger partial charge is 0.493 e. The summed E-state index contributed by atoms with van der Waals surface area (Å²) < 4.78 is 10.8. The Balaban J connectivity index is 1.88. The van der Waals surface area contributed by atoms with E-state index in [-0.39, 0.29) is 11.3 Å². The zero-order valence-corrected chi connectivity index (χ0v) is 16.9. The molecule has 0 aliphatic rings. The summed E-state index contributed by atoms with van der Waals surface area (Å²) in [6.07, 6.45) is 1.71. The molecule has 0 aromatic heterocycles. The van der Waals surface area contributed by atoms with Gasteiger partial charge in [0.15, 0.2) is 11.5 Å². The van der Waals surface area contributed by atoms with Gasteiger partial charge in [-0.2, -0.15) is 5.26 Å². The number of hydrogen-bond donors (Lipinski definition) is 0. The maximum Gasteiger partial charge on any atom is 0.345 e. The van der Waals surface area contributed by atoms with Gasteiger partial charge in [-0.1, -0.05) is 53.5 Å². The lowest BCUT2D eigenvalue weighted by atomic mass is 10.0. The molecule has 0 spiro atoms. The Morgan fingerprint density at radius 2 is 1.72 bits per heavy atom. The topological polar surface area (TPSA) is 59.3 Å². The van der Waals surface area contributed by atoms with Gasteiger partial charge in [0.25, 0.3) is 0 Å². The lowest BCUT2D eigenvalue weighted by molar-refractivity contribution is 0.0730. The predicted molar refractivity (Wildman–Crippen MR) is 114 cm³/mol. The van der Waals surface area contributed by atoms with Crippen LogP contribution in [0.5, 0.6) is 11.5 Å². The van der Waals surface area contributed by atoms with Crippen LogP contribution in [-0.2, 0) is 0 Å². The number of methoxy groups -OCH3 is 1. The molecule has 0 aliphatic carbocycles. The smallest absolute Gasteiger partial charge is 0.345 e. The van der Waals surface area contributed by atoms with Gasteiger partial charge < -0.3 is 9.47 Å². The molecule has 0 N–H and O–H groups in total. The maximum absolute atomic E-state index is 12.4. The van der Waals surface area contributed by atoms with E-state index in [2.05, 4.69) is 6.07 Å². The predicted octanol–water partition coefficient (Wildman–Crippen LogP) is 6.29. The van der Waals surface area contributed by atoms with Gasteiger partial charge in [-0.15, -0.1) is 0 Å². The first-order valence-corrected chi connectivity index (χ1v) is 9.30. The lowest BCUT2D eigenvalue weighted by Gasteiger charge is -2.11. The zero-order chi connectivity index (χ0) is 20.8. The van der Waals surface area contributed by atoms with Crippen molar-refractivity contribution in [3.63, 3.8) is 0 Å². The fourth-order valence-corrected chi connectivity index (χ4v) is 2.96. The molecule has 0 atom stereocenters. The molecule has 3 rings (SSSR count). The van der Waals surface area contributed by atoms with Gasteiger partial charge in [-0.05, 0) is 53.6 Å². The van der Waals surface area contributed by atoms with Crippen LogP contribution in [0.4, 0.5) is 0 Å². The van der Waals surface area contributed by atoms with Crippen LogP contribution in [0.2, 0.25) is 10.0 Å². The van der Waals surface area contributed by atoms with E-state index in [1.807, 2.05) is 0 Å². The second kappa shape index (κ2) is 9.29. The number of allylic oxidation sites excluding steroid dienone is 1. The number of hydrogen-bond acceptors (Lipinski definition) is 4. The first kappa shape index (κ1) is 20.5. The standard InChI is InChI=1S/C23H15Cl2NO3/c1-28-22-13-15(12-17(14-26)16-7-9-18(24)10-8-16)6-11-21(22)29-23(27)19-4-2-3-5-20(19)25/h2-13H,1H3/b17-12+. The van der Waals surface area contributed by atoms with Crippen molar-refractivity contribution in [1.29, 1.82) is 5.26 Å². The monoisotopic (exact) mass is 423 g/mol. The molecule has 0 heterocycles. The fraction of sp³-hybridized carbons (Fsp3) is 0.0435. The van der Waals surface area contributed by atoms with Crippen molar-refractivity contribution in [2.75, 3.05) is 7.11 Å². The Kier molecular flexibility index (Phi) is 6.56. The van der Waals surface area contributed by atoms with Crippen molar-refractivity contribution in [2.24, 2.45) is 0 Å². The highest BCUT2D eigenvalue weighted by Crippen LogP contribution is 2.31. The molecule has 0 saturated carbocycles. The molecule has 144 valence electrons. The maximum atomic E-state index is 12.4. The van der Waals surface area contributed by atoms with Crippen molar-refractivity contribution < 1.29 is 14.3 Å². The number of carbonyl (C=O) groups is 1. The Bertz CT molecular complexity index is 1120. The van der Waals surface area contributed by atoms with Crippen LogP contribution >= 0.6 is 23.2 Å². The summed E-state index contributed by atoms with van der Waals surface area (Å²) in [6.45, 7) is 0. The summed E-state index contributed by atoms with van der Waals surface area (Å²) in [5.74, 6) is 0.0168. The molecule has 0 radical (unpaired) electrons. The lowest BCUT2D eigenvalue weighted by Crippen LogP contribution is -2.09. The van der Waals surface area contributed by atoms with Crippen LogP contribution < -0.4 is 9.47 Å². The minimum Gasteiger partial charge on any atom is -0.493 e. The average molecular weight is 424 g/mol. The molecule has 3 aromatic carbocycles. The molecule has 29 heavy (non-hydrogen) atoms. The van der Waals surface area contributed by atoms with Gasteiger partial charge >= 0.3 is 5.97 Å². The number of benzene rings is 3. The van der Waals surface area contributed by atoms with Crippen LogP contribution in [0.3, 0.4) is 0 Å². The van der Waals surface area contributed by atoms with Gasteiger partial charge in [0.2, 0.25) is 0 Å². The van der Waals surface area contributed by atoms with Crippen LogP contribution in [-0.4, -0.2) is 13.1 Å². The molecule has 0 aliphatic heterocycles. The molecule has 0 saturated heterocycles. The molecule has 4 nitrogen and oxygen atoms in total. The number of carbonyl (C=O) groups excluding carboxylic acids is 1. The summed E-state index contributed by atoms with van der Waals surface area (Å²) in [6, 6.07) is 20.8. The van der Waals surface area contributed by atoms with Gasteiger partial charge in [-0.25, -0.2) is 4.79 Å². The van der Waals surface area contributed by atoms with Crippen LogP contribution in [0.1, 0.15) is 21.5 Å². The van der Waals surface area contributed by atoms with E-state index in [0.717, 1.165) is 5.56 Å². The van der Waals surface area contributed by atoms with Gasteiger partial charge in [-0.3, -0.25) is 0 Å². The third kappa shape index (κ3) is 4.97. The van der Waals surface area contributed by atoms with Crippen LogP contribution in [0.15, 0.2) is 66.7 Å². The molecular weight excluding hydrogens is 409 g/mol. The first-order valence-electron chi connectivity index (χ1n) is 8.54. The highest BCUT2D eigenvalue weighted by molar-refractivity contribution is 6.33. The number of esters is 1. The van der Waals surface area contributed by atoms with E-state index in [9.17, 15) is 10.1 Å². The van der Waals surface area contributed by atoms with E-state index >= 15 is 0 Å². The minimum atomic E-state index is -0.587. The molecule has 0 amide bonds. The fourth-order valence-electron chi connectivity index (χ4n) is 2.62. The summed E-state index contributed by atoms with van der Waals surface area (Å²) >= 11 is 12.0. The van der Waals surface area contributed by atoms with Crippen molar-refractivity contribution in [1.82, 2.24) is 0 Å². The Morgan fingerprint density at radius 1 is 1.00 bits per heavy atom. The second-order valence-corrected chi connectivity index (χ2v) is 6.80. The van der Waals surface area contributed by atoms with E-state index < -0.39 is 5.97 Å². The van der Waals surface area contributed by atoms with Crippen molar-refractivity contribution >= 4 is 40.8 Å². The molecule has 0 fully saturated rings. The van der Waals surface area contributed by atoms with E-state index in [0.29, 0.717) is 26.9 Å². The number of nitrogens with zero attached hydrogens (tertiary/aromatic N) is 1. The van der Waals surface area contributed by atoms with Crippen LogP contribution in [0, 0.1) is 11.3 Å². The summed E-state index contributed by atoms with van der Waals surface area (Å²) in [5, 5.41) is 10.4. The summed E-state index contributed by atoms with van der Waals surface area (Å²) in [4.78, 5) is 12.4. The normalized spacial score (nSPS) is 10.9. The number of halogens is 2. The summed E-state index contributed by atoms with van der Waals surface area (Å²) in [5.41, 5.74) is 2.18. The number of rotatable bonds is 5. The Hall–Kier alpha value is -3.26. The number of nitriles is 1. The molecular formula is C23H15Cl2NO3. The Labute approximate surface area is 178 Å². The molecule has 3 aromatic rings. The van der Waals surface area contributed by atoms with Gasteiger partial charge in [0.05, 0.1) is 29.3 Å². The quantitative estimate of drug-likeness (QED) is 0.209. The van der Waals surface area contributed by atoms with E-state index in [1.165, 1.54) is 7.11 Å². The molecule has 0 bridgehead atoms. The first-order chi connectivity index (χ1) is 14.0. The third-order valence-corrected chi connectivity index (χ3v) is 4.65.